The zero-order valence-corrected chi connectivity index (χ0v) is 11.5. The van der Waals surface area contributed by atoms with E-state index in [9.17, 15) is 9.50 Å². The smallest absolute Gasteiger partial charge is 0.123 e. The van der Waals surface area contributed by atoms with Crippen molar-refractivity contribution in [3.05, 3.63) is 34.6 Å². The molecule has 1 heterocycles. The van der Waals surface area contributed by atoms with Gasteiger partial charge in [-0.05, 0) is 23.8 Å². The molecule has 0 radical (unpaired) electrons. The predicted octanol–water partition coefficient (Wildman–Crippen LogP) is 1.84. The van der Waals surface area contributed by atoms with E-state index in [1.807, 2.05) is 0 Å². The van der Waals surface area contributed by atoms with E-state index < -0.39 is 0 Å². The molecule has 0 aromatic heterocycles. The largest absolute Gasteiger partial charge is 0.394 e. The molecular formula is C12H17Cl2FN2O. The number of halogens is 3. The van der Waals surface area contributed by atoms with Crippen LogP contribution in [0.3, 0.4) is 0 Å². The molecule has 6 heteroatoms. The van der Waals surface area contributed by atoms with Crippen molar-refractivity contribution in [2.24, 2.45) is 0 Å². The van der Waals surface area contributed by atoms with Gasteiger partial charge in [0, 0.05) is 31.2 Å². The Hall–Kier alpha value is -0.390. The average Bonchev–Trinajstić information content (AvgIpc) is 2.36. The van der Waals surface area contributed by atoms with E-state index in [2.05, 4.69) is 10.2 Å². The van der Waals surface area contributed by atoms with Crippen LogP contribution in [0.5, 0.6) is 0 Å². The van der Waals surface area contributed by atoms with Crippen molar-refractivity contribution in [2.45, 2.75) is 6.04 Å². The Labute approximate surface area is 117 Å². The average molecular weight is 295 g/mol. The summed E-state index contributed by atoms with van der Waals surface area (Å²) in [5, 5.41) is 13.2. The van der Waals surface area contributed by atoms with Crippen LogP contribution in [0.15, 0.2) is 18.2 Å². The molecule has 3 nitrogen and oxygen atoms in total. The number of hydrogen-bond acceptors (Lipinski definition) is 3. The molecule has 0 unspecified atom stereocenters. The molecule has 1 aliphatic rings. The maximum Gasteiger partial charge on any atom is 0.123 e. The Bertz CT molecular complexity index is 386. The minimum atomic E-state index is -0.321. The number of hydrogen-bond donors (Lipinski definition) is 2. The molecule has 102 valence electrons. The quantitative estimate of drug-likeness (QED) is 0.893. The minimum absolute atomic E-state index is 0. The molecule has 0 bridgehead atoms. The summed E-state index contributed by atoms with van der Waals surface area (Å²) in [5.41, 5.74) is 0.663. The molecule has 1 aromatic carbocycles. The van der Waals surface area contributed by atoms with Crippen molar-refractivity contribution in [3.8, 4) is 0 Å². The van der Waals surface area contributed by atoms with Gasteiger partial charge in [-0.25, -0.2) is 4.39 Å². The third-order valence-corrected chi connectivity index (χ3v) is 3.43. The Morgan fingerprint density at radius 3 is 2.67 bits per heavy atom. The number of aliphatic hydroxyl groups excluding tert-OH is 1. The number of nitrogens with zero attached hydrogens (tertiary/aromatic N) is 1. The highest BCUT2D eigenvalue weighted by Gasteiger charge is 2.23. The summed E-state index contributed by atoms with van der Waals surface area (Å²) >= 11 is 6.07. The van der Waals surface area contributed by atoms with Crippen molar-refractivity contribution >= 4 is 24.0 Å². The molecule has 2 N–H and O–H groups in total. The highest BCUT2D eigenvalue weighted by Crippen LogP contribution is 2.28. The fraction of sp³-hybridized carbons (Fsp3) is 0.500. The van der Waals surface area contributed by atoms with Crippen LogP contribution in [0.1, 0.15) is 11.6 Å². The lowest BCUT2D eigenvalue weighted by atomic mass is 10.0. The van der Waals surface area contributed by atoms with E-state index in [-0.39, 0.29) is 30.9 Å². The van der Waals surface area contributed by atoms with Crippen LogP contribution in [0.25, 0.3) is 0 Å². The molecule has 1 fully saturated rings. The molecule has 18 heavy (non-hydrogen) atoms. The number of nitrogens with one attached hydrogen (secondary N) is 1. The Morgan fingerprint density at radius 2 is 2.06 bits per heavy atom. The van der Waals surface area contributed by atoms with Gasteiger partial charge < -0.3 is 10.4 Å². The van der Waals surface area contributed by atoms with Crippen molar-refractivity contribution in [3.63, 3.8) is 0 Å². The number of aliphatic hydroxyl groups is 1. The van der Waals surface area contributed by atoms with Crippen molar-refractivity contribution < 1.29 is 9.50 Å². The zero-order valence-electron chi connectivity index (χ0n) is 9.90. The van der Waals surface area contributed by atoms with Gasteiger partial charge >= 0.3 is 0 Å². The molecule has 2 rings (SSSR count). The van der Waals surface area contributed by atoms with Gasteiger partial charge in [0.2, 0.25) is 0 Å². The van der Waals surface area contributed by atoms with Gasteiger partial charge in [0.1, 0.15) is 5.82 Å². The van der Waals surface area contributed by atoms with Gasteiger partial charge in [0.25, 0.3) is 0 Å². The Kier molecular flexibility index (Phi) is 6.32. The van der Waals surface area contributed by atoms with Crippen LogP contribution >= 0.6 is 24.0 Å². The zero-order chi connectivity index (χ0) is 12.3. The second-order valence-electron chi connectivity index (χ2n) is 4.15. The molecule has 1 aliphatic heterocycles. The van der Waals surface area contributed by atoms with Gasteiger partial charge in [-0.2, -0.15) is 0 Å². The molecule has 1 saturated heterocycles. The topological polar surface area (TPSA) is 35.5 Å². The summed E-state index contributed by atoms with van der Waals surface area (Å²) in [5.74, 6) is -0.321. The fourth-order valence-electron chi connectivity index (χ4n) is 2.17. The number of rotatable bonds is 3. The first kappa shape index (κ1) is 15.7. The van der Waals surface area contributed by atoms with E-state index in [0.717, 1.165) is 26.2 Å². The monoisotopic (exact) mass is 294 g/mol. The van der Waals surface area contributed by atoms with E-state index in [1.165, 1.54) is 18.2 Å². The lowest BCUT2D eigenvalue weighted by Gasteiger charge is -2.34. The minimum Gasteiger partial charge on any atom is -0.394 e. The third kappa shape index (κ3) is 3.56. The van der Waals surface area contributed by atoms with Gasteiger partial charge in [-0.1, -0.05) is 11.6 Å². The maximum absolute atomic E-state index is 13.2. The van der Waals surface area contributed by atoms with Crippen LogP contribution in [0.4, 0.5) is 4.39 Å². The summed E-state index contributed by atoms with van der Waals surface area (Å²) in [6.07, 6.45) is 0. The number of benzene rings is 1. The van der Waals surface area contributed by atoms with Gasteiger partial charge in [-0.3, -0.25) is 4.90 Å². The Morgan fingerprint density at radius 1 is 1.39 bits per heavy atom. The second kappa shape index (κ2) is 7.26. The van der Waals surface area contributed by atoms with Crippen LogP contribution in [0, 0.1) is 5.82 Å². The summed E-state index contributed by atoms with van der Waals surface area (Å²) in [4.78, 5) is 2.12. The van der Waals surface area contributed by atoms with E-state index >= 15 is 0 Å². The van der Waals surface area contributed by atoms with Gasteiger partial charge in [0.05, 0.1) is 12.6 Å². The van der Waals surface area contributed by atoms with Crippen LogP contribution in [-0.2, 0) is 0 Å². The van der Waals surface area contributed by atoms with Crippen LogP contribution < -0.4 is 5.32 Å². The third-order valence-electron chi connectivity index (χ3n) is 3.08. The summed E-state index contributed by atoms with van der Waals surface area (Å²) in [7, 11) is 0. The second-order valence-corrected chi connectivity index (χ2v) is 4.56. The molecule has 0 amide bonds. The summed E-state index contributed by atoms with van der Waals surface area (Å²) in [6.45, 7) is 3.37. The Balaban J connectivity index is 0.00000162. The van der Waals surface area contributed by atoms with Crippen LogP contribution in [-0.4, -0.2) is 42.8 Å². The van der Waals surface area contributed by atoms with Crippen molar-refractivity contribution in [1.82, 2.24) is 10.2 Å². The summed E-state index contributed by atoms with van der Waals surface area (Å²) < 4.78 is 13.2. The van der Waals surface area contributed by atoms with Crippen molar-refractivity contribution in [1.29, 1.82) is 0 Å². The first-order valence-electron chi connectivity index (χ1n) is 5.73. The van der Waals surface area contributed by atoms with E-state index in [0.29, 0.717) is 10.6 Å². The lowest BCUT2D eigenvalue weighted by molar-refractivity contribution is 0.110. The summed E-state index contributed by atoms with van der Waals surface area (Å²) in [6, 6.07) is 4.06. The first-order valence-corrected chi connectivity index (χ1v) is 6.10. The molecule has 0 aliphatic carbocycles. The molecule has 0 spiro atoms. The van der Waals surface area contributed by atoms with Crippen molar-refractivity contribution in [2.75, 3.05) is 32.8 Å². The molecular weight excluding hydrogens is 278 g/mol. The standard InChI is InChI=1S/C12H16ClFN2O.ClH/c13-11-2-1-9(14)7-10(11)12(8-17)16-5-3-15-4-6-16;/h1-2,7,12,15,17H,3-6,8H2;1H/t12-;/m0./s1. The molecule has 0 saturated carbocycles. The molecule has 1 atom stereocenters. The van der Waals surface area contributed by atoms with E-state index in [1.54, 1.807) is 0 Å². The molecule has 1 aromatic rings. The highest BCUT2D eigenvalue weighted by atomic mass is 35.5. The maximum atomic E-state index is 13.2. The van der Waals surface area contributed by atoms with Gasteiger partial charge in [0.15, 0.2) is 0 Å². The van der Waals surface area contributed by atoms with Crippen LogP contribution in [0.2, 0.25) is 5.02 Å². The first-order chi connectivity index (χ1) is 8.22. The SMILES string of the molecule is Cl.OC[C@@H](c1cc(F)ccc1Cl)N1CCNCC1. The lowest BCUT2D eigenvalue weighted by Crippen LogP contribution is -2.46. The fourth-order valence-corrected chi connectivity index (χ4v) is 2.42. The highest BCUT2D eigenvalue weighted by molar-refractivity contribution is 6.31. The number of piperazine rings is 1. The van der Waals surface area contributed by atoms with Gasteiger partial charge in [-0.15, -0.1) is 12.4 Å². The normalized spacial score (nSPS) is 18.2. The predicted molar refractivity (Wildman–Crippen MR) is 72.9 cm³/mol. The van der Waals surface area contributed by atoms with E-state index in [4.69, 9.17) is 11.6 Å².